The third kappa shape index (κ3) is 4.70. The van der Waals surface area contributed by atoms with Gasteiger partial charge in [0.15, 0.2) is 0 Å². The molecule has 1 aliphatic heterocycles. The molecule has 0 saturated carbocycles. The average molecular weight is 290 g/mol. The van der Waals surface area contributed by atoms with Crippen LogP contribution in [0.2, 0.25) is 0 Å². The Balaban J connectivity index is 1.76. The molecular weight excluding hydrogens is 264 g/mol. The van der Waals surface area contributed by atoms with E-state index in [1.807, 2.05) is 13.0 Å². The first-order chi connectivity index (χ1) is 10.2. The van der Waals surface area contributed by atoms with Gasteiger partial charge in [0.2, 0.25) is 0 Å². The minimum Gasteiger partial charge on any atom is -0.384 e. The SMILES string of the molecule is CCNc1ccc(C(=O)NCC2CCN(CC)CC2)nc1. The maximum atomic E-state index is 12.1. The fourth-order valence-corrected chi connectivity index (χ4v) is 2.67. The molecule has 2 N–H and O–H groups in total. The second kappa shape index (κ2) is 7.98. The molecule has 2 rings (SSSR count). The van der Waals surface area contributed by atoms with Gasteiger partial charge in [-0.05, 0) is 57.5 Å². The Labute approximate surface area is 127 Å². The van der Waals surface area contributed by atoms with E-state index in [0.29, 0.717) is 11.6 Å². The molecule has 1 aromatic heterocycles. The van der Waals surface area contributed by atoms with E-state index in [0.717, 1.165) is 38.4 Å². The van der Waals surface area contributed by atoms with E-state index in [-0.39, 0.29) is 5.91 Å². The van der Waals surface area contributed by atoms with Crippen molar-refractivity contribution in [2.75, 3.05) is 38.0 Å². The van der Waals surface area contributed by atoms with E-state index in [1.54, 1.807) is 12.3 Å². The standard InChI is InChI=1S/C16H26N4O/c1-3-17-14-5-6-15(18-12-14)16(21)19-11-13-7-9-20(4-2)10-8-13/h5-6,12-13,17H,3-4,7-11H2,1-2H3,(H,19,21). The quantitative estimate of drug-likeness (QED) is 0.841. The van der Waals surface area contributed by atoms with Crippen LogP contribution in [0.1, 0.15) is 37.2 Å². The molecule has 21 heavy (non-hydrogen) atoms. The molecule has 0 aliphatic carbocycles. The lowest BCUT2D eigenvalue weighted by Gasteiger charge is -2.30. The number of anilines is 1. The lowest BCUT2D eigenvalue weighted by atomic mass is 9.97. The molecule has 0 unspecified atom stereocenters. The number of hydrogen-bond donors (Lipinski definition) is 2. The van der Waals surface area contributed by atoms with Gasteiger partial charge in [0.1, 0.15) is 5.69 Å². The molecule has 5 heteroatoms. The van der Waals surface area contributed by atoms with E-state index in [1.165, 1.54) is 12.8 Å². The lowest BCUT2D eigenvalue weighted by Crippen LogP contribution is -2.38. The molecule has 0 spiro atoms. The van der Waals surface area contributed by atoms with Crippen molar-refractivity contribution in [3.63, 3.8) is 0 Å². The van der Waals surface area contributed by atoms with Gasteiger partial charge in [-0.3, -0.25) is 4.79 Å². The van der Waals surface area contributed by atoms with Gasteiger partial charge in [0.05, 0.1) is 11.9 Å². The molecule has 2 heterocycles. The number of nitrogens with one attached hydrogen (secondary N) is 2. The fraction of sp³-hybridized carbons (Fsp3) is 0.625. The number of piperidine rings is 1. The predicted molar refractivity (Wildman–Crippen MR) is 85.6 cm³/mol. The van der Waals surface area contributed by atoms with Gasteiger partial charge in [-0.15, -0.1) is 0 Å². The molecule has 116 valence electrons. The van der Waals surface area contributed by atoms with Crippen LogP contribution in [0.5, 0.6) is 0 Å². The van der Waals surface area contributed by atoms with Crippen LogP contribution in [0.25, 0.3) is 0 Å². The van der Waals surface area contributed by atoms with Gasteiger partial charge in [-0.25, -0.2) is 4.98 Å². The third-order valence-corrected chi connectivity index (χ3v) is 4.08. The largest absolute Gasteiger partial charge is 0.384 e. The molecule has 5 nitrogen and oxygen atoms in total. The van der Waals surface area contributed by atoms with Crippen LogP contribution in [0.3, 0.4) is 0 Å². The van der Waals surface area contributed by atoms with Crippen molar-refractivity contribution < 1.29 is 4.79 Å². The zero-order chi connectivity index (χ0) is 15.1. The van der Waals surface area contributed by atoms with E-state index < -0.39 is 0 Å². The van der Waals surface area contributed by atoms with Crippen LogP contribution in [-0.2, 0) is 0 Å². The smallest absolute Gasteiger partial charge is 0.269 e. The van der Waals surface area contributed by atoms with Crippen molar-refractivity contribution in [2.45, 2.75) is 26.7 Å². The summed E-state index contributed by atoms with van der Waals surface area (Å²) >= 11 is 0. The molecule has 1 aromatic rings. The highest BCUT2D eigenvalue weighted by atomic mass is 16.1. The van der Waals surface area contributed by atoms with Crippen LogP contribution in [0.4, 0.5) is 5.69 Å². The highest BCUT2D eigenvalue weighted by molar-refractivity contribution is 5.92. The second-order valence-electron chi connectivity index (χ2n) is 5.55. The van der Waals surface area contributed by atoms with Crippen LogP contribution >= 0.6 is 0 Å². The Morgan fingerprint density at radius 3 is 2.67 bits per heavy atom. The van der Waals surface area contributed by atoms with Gasteiger partial charge < -0.3 is 15.5 Å². The van der Waals surface area contributed by atoms with E-state index in [4.69, 9.17) is 0 Å². The number of aromatic nitrogens is 1. The molecule has 0 aromatic carbocycles. The molecule has 0 radical (unpaired) electrons. The maximum Gasteiger partial charge on any atom is 0.269 e. The first-order valence-electron chi connectivity index (χ1n) is 7.93. The summed E-state index contributed by atoms with van der Waals surface area (Å²) in [5.74, 6) is 0.522. The fourth-order valence-electron chi connectivity index (χ4n) is 2.67. The van der Waals surface area contributed by atoms with Gasteiger partial charge in [-0.1, -0.05) is 6.92 Å². The third-order valence-electron chi connectivity index (χ3n) is 4.08. The van der Waals surface area contributed by atoms with Gasteiger partial charge in [0, 0.05) is 13.1 Å². The molecule has 1 fully saturated rings. The second-order valence-corrected chi connectivity index (χ2v) is 5.55. The number of hydrogen-bond acceptors (Lipinski definition) is 4. The maximum absolute atomic E-state index is 12.1. The Hall–Kier alpha value is -1.62. The minimum absolute atomic E-state index is 0.0732. The van der Waals surface area contributed by atoms with Crippen molar-refractivity contribution in [3.8, 4) is 0 Å². The van der Waals surface area contributed by atoms with E-state index in [9.17, 15) is 4.79 Å². The summed E-state index contributed by atoms with van der Waals surface area (Å²) in [6.07, 6.45) is 4.04. The van der Waals surface area contributed by atoms with Crippen LogP contribution in [0, 0.1) is 5.92 Å². The van der Waals surface area contributed by atoms with Crippen LogP contribution in [0.15, 0.2) is 18.3 Å². The van der Waals surface area contributed by atoms with Crippen LogP contribution in [-0.4, -0.2) is 48.5 Å². The average Bonchev–Trinajstić information content (AvgIpc) is 2.54. The number of carbonyl (C=O) groups excluding carboxylic acids is 1. The number of nitrogens with zero attached hydrogens (tertiary/aromatic N) is 2. The highest BCUT2D eigenvalue weighted by Gasteiger charge is 2.18. The van der Waals surface area contributed by atoms with Crippen molar-refractivity contribution in [2.24, 2.45) is 5.92 Å². The first-order valence-corrected chi connectivity index (χ1v) is 7.93. The molecular formula is C16H26N4O. The summed E-state index contributed by atoms with van der Waals surface area (Å²) in [4.78, 5) is 18.7. The zero-order valence-electron chi connectivity index (χ0n) is 13.1. The van der Waals surface area contributed by atoms with E-state index in [2.05, 4.69) is 27.4 Å². The van der Waals surface area contributed by atoms with Crippen molar-refractivity contribution in [3.05, 3.63) is 24.0 Å². The summed E-state index contributed by atoms with van der Waals surface area (Å²) in [7, 11) is 0. The number of rotatable bonds is 6. The number of amides is 1. The lowest BCUT2D eigenvalue weighted by molar-refractivity contribution is 0.0932. The summed E-state index contributed by atoms with van der Waals surface area (Å²) < 4.78 is 0. The summed E-state index contributed by atoms with van der Waals surface area (Å²) in [5.41, 5.74) is 1.43. The summed E-state index contributed by atoms with van der Waals surface area (Å²) in [6, 6.07) is 3.66. The van der Waals surface area contributed by atoms with Crippen molar-refractivity contribution in [1.29, 1.82) is 0 Å². The summed E-state index contributed by atoms with van der Waals surface area (Å²) in [6.45, 7) is 9.26. The van der Waals surface area contributed by atoms with Gasteiger partial charge >= 0.3 is 0 Å². The monoisotopic (exact) mass is 290 g/mol. The number of pyridine rings is 1. The molecule has 1 aliphatic rings. The number of carbonyl (C=O) groups is 1. The normalized spacial score (nSPS) is 16.7. The predicted octanol–water partition coefficient (Wildman–Crippen LogP) is 1.98. The van der Waals surface area contributed by atoms with Crippen molar-refractivity contribution >= 4 is 11.6 Å². The Kier molecular flexibility index (Phi) is 5.99. The minimum atomic E-state index is -0.0732. The summed E-state index contributed by atoms with van der Waals surface area (Å²) in [5, 5.41) is 6.18. The topological polar surface area (TPSA) is 57.3 Å². The molecule has 0 atom stereocenters. The van der Waals surface area contributed by atoms with Crippen molar-refractivity contribution in [1.82, 2.24) is 15.2 Å². The highest BCUT2D eigenvalue weighted by Crippen LogP contribution is 2.16. The van der Waals surface area contributed by atoms with E-state index >= 15 is 0 Å². The number of likely N-dealkylation sites (tertiary alicyclic amines) is 1. The Bertz CT molecular complexity index is 438. The Morgan fingerprint density at radius 2 is 2.10 bits per heavy atom. The molecule has 1 amide bonds. The zero-order valence-corrected chi connectivity index (χ0v) is 13.1. The van der Waals surface area contributed by atoms with Gasteiger partial charge in [-0.2, -0.15) is 0 Å². The molecule has 0 bridgehead atoms. The Morgan fingerprint density at radius 1 is 1.33 bits per heavy atom. The molecule has 1 saturated heterocycles. The van der Waals surface area contributed by atoms with Crippen LogP contribution < -0.4 is 10.6 Å². The first kappa shape index (κ1) is 15.8. The van der Waals surface area contributed by atoms with Gasteiger partial charge in [0.25, 0.3) is 5.91 Å².